The van der Waals surface area contributed by atoms with E-state index in [4.69, 9.17) is 4.74 Å². The highest BCUT2D eigenvalue weighted by atomic mass is 16.5. The van der Waals surface area contributed by atoms with Gasteiger partial charge in [-0.15, -0.1) is 0 Å². The van der Waals surface area contributed by atoms with E-state index >= 15 is 0 Å². The Kier molecular flexibility index (Phi) is 8.20. The van der Waals surface area contributed by atoms with Gasteiger partial charge in [0.1, 0.15) is 5.60 Å². The number of para-hydroxylation sites is 1. The summed E-state index contributed by atoms with van der Waals surface area (Å²) in [6.45, 7) is 3.80. The fourth-order valence-electron chi connectivity index (χ4n) is 10.0. The summed E-state index contributed by atoms with van der Waals surface area (Å²) in [6.07, 6.45) is 4.69. The molecule has 4 aliphatic carbocycles. The molecular weight excluding hydrogens is 606 g/mol. The first kappa shape index (κ1) is 32.5. The van der Waals surface area contributed by atoms with Crippen LogP contribution in [0.5, 0.6) is 0 Å². The minimum atomic E-state index is -1.73. The Morgan fingerprint density at radius 3 is 2.50 bits per heavy atom. The molecule has 7 rings (SSSR count). The van der Waals surface area contributed by atoms with Gasteiger partial charge >= 0.3 is 5.97 Å². The highest BCUT2D eigenvalue weighted by molar-refractivity contribution is 5.97. The molecule has 8 nitrogen and oxygen atoms in total. The summed E-state index contributed by atoms with van der Waals surface area (Å²) in [5, 5.41) is 23.6. The van der Waals surface area contributed by atoms with Crippen LogP contribution in [-0.2, 0) is 30.5 Å². The van der Waals surface area contributed by atoms with E-state index in [0.717, 1.165) is 35.1 Å². The quantitative estimate of drug-likeness (QED) is 0.332. The number of nitrogens with zero attached hydrogens (tertiary/aromatic N) is 1. The molecule has 0 saturated heterocycles. The van der Waals surface area contributed by atoms with Crippen LogP contribution < -0.4 is 4.90 Å². The molecule has 8 heteroatoms. The van der Waals surface area contributed by atoms with Crippen LogP contribution >= 0.6 is 0 Å². The van der Waals surface area contributed by atoms with Gasteiger partial charge in [-0.3, -0.25) is 19.2 Å². The second-order valence-electron chi connectivity index (χ2n) is 15.0. The Morgan fingerprint density at radius 2 is 1.69 bits per heavy atom. The number of carbonyl (C=O) groups is 4. The van der Waals surface area contributed by atoms with E-state index in [1.807, 2.05) is 55.5 Å². The summed E-state index contributed by atoms with van der Waals surface area (Å²) >= 11 is 0. The number of benzene rings is 2. The molecule has 48 heavy (non-hydrogen) atoms. The van der Waals surface area contributed by atoms with Gasteiger partial charge in [-0.05, 0) is 91.5 Å². The Labute approximate surface area is 281 Å². The van der Waals surface area contributed by atoms with Crippen LogP contribution in [-0.4, -0.2) is 52.0 Å². The molecule has 7 atom stereocenters. The Morgan fingerprint density at radius 1 is 0.958 bits per heavy atom. The van der Waals surface area contributed by atoms with Crippen molar-refractivity contribution in [1.29, 1.82) is 0 Å². The minimum Gasteiger partial charge on any atom is -0.458 e. The lowest BCUT2D eigenvalue weighted by molar-refractivity contribution is -0.184. The zero-order chi connectivity index (χ0) is 33.8. The molecule has 0 bridgehead atoms. The Hall–Kier alpha value is -4.06. The predicted octanol–water partition coefficient (Wildman–Crippen LogP) is 5.06. The van der Waals surface area contributed by atoms with Crippen molar-refractivity contribution in [1.82, 2.24) is 0 Å². The Balaban J connectivity index is 0.997. The van der Waals surface area contributed by atoms with E-state index < -0.39 is 35.5 Å². The third kappa shape index (κ3) is 5.23. The number of hydrogen-bond donors (Lipinski definition) is 2. The average molecular weight is 650 g/mol. The largest absolute Gasteiger partial charge is 0.458 e. The monoisotopic (exact) mass is 649 g/mol. The van der Waals surface area contributed by atoms with E-state index in [1.54, 1.807) is 11.0 Å². The average Bonchev–Trinajstić information content (AvgIpc) is 3.34. The highest BCUT2D eigenvalue weighted by Gasteiger charge is 2.68. The molecule has 2 N–H and O–H groups in total. The molecule has 3 fully saturated rings. The highest BCUT2D eigenvalue weighted by Crippen LogP contribution is 2.67. The van der Waals surface area contributed by atoms with Crippen molar-refractivity contribution in [2.24, 2.45) is 28.6 Å². The van der Waals surface area contributed by atoms with Crippen molar-refractivity contribution in [3.05, 3.63) is 76.9 Å². The maximum absolute atomic E-state index is 13.7. The molecule has 0 spiro atoms. The van der Waals surface area contributed by atoms with Gasteiger partial charge in [0.2, 0.25) is 11.7 Å². The molecule has 1 aliphatic heterocycles. The SMILES string of the molecule is C[C@]12CCC(=O)C=C1CC[C@@H]1[C@@H]2[C@@H](O)C[C@@]2(C)[C@H]1CC[C@]2(O)C(=O)COC(=O)CCC(=O)N1Cc2ccccc2C#Cc2ccccc21. The normalized spacial score (nSPS) is 33.2. The van der Waals surface area contributed by atoms with Gasteiger partial charge in [0.15, 0.2) is 12.4 Å². The summed E-state index contributed by atoms with van der Waals surface area (Å²) < 4.78 is 5.40. The number of anilines is 1. The molecule has 1 amide bonds. The number of amides is 1. The molecule has 3 saturated carbocycles. The van der Waals surface area contributed by atoms with Gasteiger partial charge in [-0.25, -0.2) is 0 Å². The number of ketones is 2. The number of allylic oxidation sites excluding steroid dienone is 1. The summed E-state index contributed by atoms with van der Waals surface area (Å²) in [6, 6.07) is 15.1. The van der Waals surface area contributed by atoms with Gasteiger partial charge in [-0.1, -0.05) is 61.6 Å². The van der Waals surface area contributed by atoms with Gasteiger partial charge in [0.25, 0.3) is 0 Å². The van der Waals surface area contributed by atoms with Crippen LogP contribution in [0.4, 0.5) is 5.69 Å². The van der Waals surface area contributed by atoms with Crippen molar-refractivity contribution in [2.75, 3.05) is 11.5 Å². The van der Waals surface area contributed by atoms with Crippen molar-refractivity contribution >= 4 is 29.1 Å². The first-order valence-corrected chi connectivity index (χ1v) is 17.3. The third-order valence-electron chi connectivity index (χ3n) is 12.6. The van der Waals surface area contributed by atoms with Gasteiger partial charge < -0.3 is 19.8 Å². The molecule has 0 unspecified atom stereocenters. The molecule has 5 aliphatic rings. The lowest BCUT2D eigenvalue weighted by Gasteiger charge is -2.60. The maximum Gasteiger partial charge on any atom is 0.306 e. The van der Waals surface area contributed by atoms with Crippen molar-refractivity contribution in [3.8, 4) is 11.8 Å². The number of aliphatic hydroxyl groups is 2. The first-order chi connectivity index (χ1) is 22.9. The molecule has 2 aromatic carbocycles. The van der Waals surface area contributed by atoms with Crippen LogP contribution in [0.15, 0.2) is 60.2 Å². The summed E-state index contributed by atoms with van der Waals surface area (Å²) in [5.74, 6) is 5.12. The number of carbonyl (C=O) groups excluding carboxylic acids is 4. The topological polar surface area (TPSA) is 121 Å². The van der Waals surface area contributed by atoms with Crippen molar-refractivity contribution in [2.45, 2.75) is 89.9 Å². The van der Waals surface area contributed by atoms with Crippen LogP contribution in [0.1, 0.15) is 88.3 Å². The number of Topliss-reactive ketones (excluding diaryl/α,β-unsaturated/α-hetero) is 1. The van der Waals surface area contributed by atoms with Gasteiger partial charge in [0.05, 0.1) is 24.8 Å². The minimum absolute atomic E-state index is 0.0275. The smallest absolute Gasteiger partial charge is 0.306 e. The lowest BCUT2D eigenvalue weighted by Crippen LogP contribution is -2.62. The van der Waals surface area contributed by atoms with E-state index in [-0.39, 0.29) is 60.5 Å². The van der Waals surface area contributed by atoms with Crippen LogP contribution in [0.25, 0.3) is 0 Å². The van der Waals surface area contributed by atoms with E-state index in [9.17, 15) is 29.4 Å². The van der Waals surface area contributed by atoms with Crippen molar-refractivity contribution < 1.29 is 34.1 Å². The fraction of sp³-hybridized carbons (Fsp3) is 0.500. The summed E-state index contributed by atoms with van der Waals surface area (Å²) in [5.41, 5.74) is 1.41. The fourth-order valence-corrected chi connectivity index (χ4v) is 10.0. The molecule has 0 aromatic heterocycles. The van der Waals surface area contributed by atoms with E-state index in [2.05, 4.69) is 18.8 Å². The molecule has 2 aromatic rings. The predicted molar refractivity (Wildman–Crippen MR) is 178 cm³/mol. The Bertz CT molecular complexity index is 1780. The number of aliphatic hydroxyl groups excluding tert-OH is 1. The zero-order valence-electron chi connectivity index (χ0n) is 27.7. The molecular formula is C40H43NO7. The number of hydrogen-bond acceptors (Lipinski definition) is 7. The van der Waals surface area contributed by atoms with Crippen molar-refractivity contribution in [3.63, 3.8) is 0 Å². The zero-order valence-corrected chi connectivity index (χ0v) is 27.7. The summed E-state index contributed by atoms with van der Waals surface area (Å²) in [4.78, 5) is 54.0. The van der Waals surface area contributed by atoms with Crippen LogP contribution in [0.3, 0.4) is 0 Å². The third-order valence-corrected chi connectivity index (χ3v) is 12.6. The molecule has 0 radical (unpaired) electrons. The summed E-state index contributed by atoms with van der Waals surface area (Å²) in [7, 11) is 0. The van der Waals surface area contributed by atoms with Gasteiger partial charge in [-0.2, -0.15) is 0 Å². The van der Waals surface area contributed by atoms with E-state index in [1.165, 1.54) is 0 Å². The lowest BCUT2D eigenvalue weighted by atomic mass is 9.45. The van der Waals surface area contributed by atoms with Gasteiger partial charge in [0, 0.05) is 29.4 Å². The van der Waals surface area contributed by atoms with Crippen LogP contribution in [0.2, 0.25) is 0 Å². The number of esters is 1. The molecule has 1 heterocycles. The number of fused-ring (bicyclic) bond motifs is 7. The van der Waals surface area contributed by atoms with Crippen LogP contribution in [0, 0.1) is 40.4 Å². The number of rotatable bonds is 6. The van der Waals surface area contributed by atoms with E-state index in [0.29, 0.717) is 31.5 Å². The molecule has 250 valence electrons. The number of ether oxygens (including phenoxy) is 1. The maximum atomic E-state index is 13.7. The standard InChI is InChI=1S/C40H43NO7/c1-38-19-17-29(42)21-28(38)13-14-30-31-18-20-40(47,39(31,2)22-33(43)37(30)38)34(44)24-48-36(46)16-15-35(45)41-23-27-9-4-3-7-25(27)11-12-26-8-5-6-10-32(26)41/h3-10,21,30-31,33,37,43,47H,13-20,22-24H2,1-2H3/t30-,31-,33-,37+,38-,39-,40-/m0/s1. The second kappa shape index (κ2) is 12.1. The second-order valence-corrected chi connectivity index (χ2v) is 15.0. The first-order valence-electron chi connectivity index (χ1n) is 17.3.